The lowest BCUT2D eigenvalue weighted by atomic mass is 10.1. The number of ether oxygens (including phenoxy) is 1. The van der Waals surface area contributed by atoms with Gasteiger partial charge in [-0.2, -0.15) is 0 Å². The van der Waals surface area contributed by atoms with Crippen LogP contribution < -0.4 is 9.80 Å². The molecule has 0 radical (unpaired) electrons. The molecular weight excluding hydrogens is 414 g/mol. The van der Waals surface area contributed by atoms with Crippen LogP contribution in [-0.4, -0.2) is 68.3 Å². The number of aryl methyl sites for hydroxylation is 1. The number of hydrogen-bond donors (Lipinski definition) is 1. The fourth-order valence-corrected chi connectivity index (χ4v) is 4.80. The van der Waals surface area contributed by atoms with Gasteiger partial charge in [0.2, 0.25) is 0 Å². The van der Waals surface area contributed by atoms with Gasteiger partial charge in [-0.15, -0.1) is 0 Å². The first kappa shape index (κ1) is 21.5. The minimum Gasteiger partial charge on any atom is -0.370 e. The van der Waals surface area contributed by atoms with Crippen molar-refractivity contribution in [1.82, 2.24) is 9.88 Å². The predicted octanol–water partition coefficient (Wildman–Crippen LogP) is 3.84. The average Bonchev–Trinajstić information content (AvgIpc) is 3.27. The Morgan fingerprint density at radius 2 is 1.79 bits per heavy atom. The van der Waals surface area contributed by atoms with E-state index < -0.39 is 0 Å². The van der Waals surface area contributed by atoms with Crippen molar-refractivity contribution >= 4 is 33.9 Å². The Morgan fingerprint density at radius 3 is 2.55 bits per heavy atom. The average molecular weight is 444 g/mol. The van der Waals surface area contributed by atoms with Crippen LogP contribution in [0.1, 0.15) is 12.0 Å². The van der Waals surface area contributed by atoms with Crippen LogP contribution in [0.25, 0.3) is 15.7 Å². The third kappa shape index (κ3) is 4.72. The number of anilines is 2. The Kier molecular flexibility index (Phi) is 6.29. The molecule has 0 unspecified atom stereocenters. The zero-order valence-corrected chi connectivity index (χ0v) is 18.8. The van der Waals surface area contributed by atoms with Gasteiger partial charge in [0.05, 0.1) is 13.2 Å². The summed E-state index contributed by atoms with van der Waals surface area (Å²) in [6.45, 7) is 13.8. The number of benzene rings is 2. The van der Waals surface area contributed by atoms with E-state index in [1.54, 1.807) is 4.90 Å². The molecule has 3 aromatic rings. The molecule has 1 N–H and O–H groups in total. The number of nitrogens with zero attached hydrogens (tertiary/aromatic N) is 4. The molecule has 7 nitrogen and oxygen atoms in total. The summed E-state index contributed by atoms with van der Waals surface area (Å²) in [5, 5.41) is 1.18. The maximum Gasteiger partial charge on any atom is 0.253 e. The first-order valence-corrected chi connectivity index (χ1v) is 11.6. The number of morpholine rings is 1. The number of aromatic nitrogens is 1. The Hall–Kier alpha value is -3.34. The summed E-state index contributed by atoms with van der Waals surface area (Å²) >= 11 is 0. The molecule has 0 saturated carbocycles. The molecule has 2 aliphatic rings. The minimum atomic E-state index is 0.0297. The fourth-order valence-electron chi connectivity index (χ4n) is 4.80. The van der Waals surface area contributed by atoms with E-state index in [2.05, 4.69) is 38.0 Å². The van der Waals surface area contributed by atoms with Crippen molar-refractivity contribution in [3.63, 3.8) is 0 Å². The molecule has 2 aromatic carbocycles. The first-order valence-electron chi connectivity index (χ1n) is 11.6. The summed E-state index contributed by atoms with van der Waals surface area (Å²) in [5.41, 5.74) is 5.27. The highest BCUT2D eigenvalue weighted by molar-refractivity contribution is 5.95. The molecule has 2 saturated heterocycles. The van der Waals surface area contributed by atoms with Gasteiger partial charge in [0.1, 0.15) is 6.61 Å². The molecule has 0 atom stereocenters. The van der Waals surface area contributed by atoms with Crippen LogP contribution in [0.5, 0.6) is 0 Å². The van der Waals surface area contributed by atoms with Gasteiger partial charge in [0.25, 0.3) is 5.91 Å². The Bertz CT molecular complexity index is 1160. The molecule has 2 fully saturated rings. The first-order chi connectivity index (χ1) is 16.2. The largest absolute Gasteiger partial charge is 0.370 e. The summed E-state index contributed by atoms with van der Waals surface area (Å²) in [6.07, 6.45) is 4.21. The molecule has 1 amide bonds. The third-order valence-corrected chi connectivity index (χ3v) is 6.69. The maximum atomic E-state index is 12.0. The van der Waals surface area contributed by atoms with Gasteiger partial charge in [0.15, 0.2) is 5.69 Å². The normalized spacial score (nSPS) is 17.5. The molecule has 2 aliphatic heterocycles. The quantitative estimate of drug-likeness (QED) is 0.589. The second-order valence-corrected chi connectivity index (χ2v) is 8.70. The number of rotatable bonds is 6. The molecular formula is C26H29N5O2. The van der Waals surface area contributed by atoms with Gasteiger partial charge in [-0.3, -0.25) is 9.69 Å². The van der Waals surface area contributed by atoms with E-state index in [0.29, 0.717) is 18.8 Å². The summed E-state index contributed by atoms with van der Waals surface area (Å²) in [5.74, 6) is 0.0297. The second-order valence-electron chi connectivity index (χ2n) is 8.70. The van der Waals surface area contributed by atoms with E-state index in [9.17, 15) is 4.79 Å². The number of carbonyl (C=O) groups excluding carboxylic acids is 1. The number of piperazine rings is 1. The third-order valence-electron chi connectivity index (χ3n) is 6.69. The van der Waals surface area contributed by atoms with Gasteiger partial charge >= 0.3 is 0 Å². The van der Waals surface area contributed by atoms with Crippen molar-refractivity contribution in [2.45, 2.75) is 12.8 Å². The van der Waals surface area contributed by atoms with E-state index in [4.69, 9.17) is 11.3 Å². The highest BCUT2D eigenvalue weighted by Gasteiger charge is 2.21. The van der Waals surface area contributed by atoms with E-state index in [-0.39, 0.29) is 12.5 Å². The van der Waals surface area contributed by atoms with Crippen LogP contribution in [0.2, 0.25) is 0 Å². The summed E-state index contributed by atoms with van der Waals surface area (Å²) in [7, 11) is 0. The molecule has 0 spiro atoms. The number of fused-ring (bicyclic) bond motifs is 1. The molecule has 7 heteroatoms. The number of H-pyrrole nitrogens is 1. The molecule has 0 aliphatic carbocycles. The standard InChI is InChI=1S/C26H29N5O2/c1-27-21-4-9-25-24(17-21)20(18-28-25)3-2-10-29-11-13-30(14-12-29)22-5-7-23(8-6-22)31-15-16-33-19-26(31)32/h4-9,17-18,28H,2-3,10-16,19H2. The molecule has 170 valence electrons. The summed E-state index contributed by atoms with van der Waals surface area (Å²) in [4.78, 5) is 25.7. The van der Waals surface area contributed by atoms with Crippen LogP contribution in [0, 0.1) is 6.57 Å². The number of carbonyl (C=O) groups is 1. The second kappa shape index (κ2) is 9.65. The summed E-state index contributed by atoms with van der Waals surface area (Å²) in [6, 6.07) is 14.2. The lowest BCUT2D eigenvalue weighted by molar-refractivity contribution is -0.125. The van der Waals surface area contributed by atoms with Crippen LogP contribution >= 0.6 is 0 Å². The minimum absolute atomic E-state index is 0.0297. The molecule has 5 rings (SSSR count). The SMILES string of the molecule is [C-]#[N+]c1ccc2[nH]cc(CCCN3CCN(c4ccc(N5CCOCC5=O)cc4)CC3)c2c1. The van der Waals surface area contributed by atoms with Crippen molar-refractivity contribution in [3.05, 3.63) is 65.6 Å². The number of nitrogens with one attached hydrogen (secondary N) is 1. The highest BCUT2D eigenvalue weighted by atomic mass is 16.5. The van der Waals surface area contributed by atoms with Crippen molar-refractivity contribution in [2.75, 3.05) is 62.3 Å². The molecule has 3 heterocycles. The van der Waals surface area contributed by atoms with Crippen molar-refractivity contribution < 1.29 is 9.53 Å². The Balaban J connectivity index is 1.10. The van der Waals surface area contributed by atoms with E-state index in [1.165, 1.54) is 16.6 Å². The monoisotopic (exact) mass is 443 g/mol. The molecule has 1 aromatic heterocycles. The molecule has 33 heavy (non-hydrogen) atoms. The van der Waals surface area contributed by atoms with E-state index >= 15 is 0 Å². The Labute approximate surface area is 194 Å². The predicted molar refractivity (Wildman–Crippen MR) is 131 cm³/mol. The van der Waals surface area contributed by atoms with Crippen LogP contribution in [-0.2, 0) is 16.0 Å². The van der Waals surface area contributed by atoms with Crippen LogP contribution in [0.3, 0.4) is 0 Å². The van der Waals surface area contributed by atoms with Gasteiger partial charge in [-0.25, -0.2) is 4.85 Å². The fraction of sp³-hybridized carbons (Fsp3) is 0.385. The van der Waals surface area contributed by atoms with Crippen LogP contribution in [0.15, 0.2) is 48.7 Å². The highest BCUT2D eigenvalue weighted by Crippen LogP contribution is 2.26. The Morgan fingerprint density at radius 1 is 1.00 bits per heavy atom. The molecule has 0 bridgehead atoms. The number of aromatic amines is 1. The van der Waals surface area contributed by atoms with Gasteiger partial charge < -0.3 is 19.5 Å². The van der Waals surface area contributed by atoms with E-state index in [1.807, 2.05) is 30.3 Å². The lowest BCUT2D eigenvalue weighted by Gasteiger charge is -2.36. The van der Waals surface area contributed by atoms with Gasteiger partial charge in [-0.05, 0) is 66.7 Å². The number of hydrogen-bond acceptors (Lipinski definition) is 4. The zero-order valence-electron chi connectivity index (χ0n) is 18.8. The van der Waals surface area contributed by atoms with E-state index in [0.717, 1.165) is 56.8 Å². The smallest absolute Gasteiger partial charge is 0.253 e. The zero-order chi connectivity index (χ0) is 22.6. The van der Waals surface area contributed by atoms with Crippen molar-refractivity contribution in [1.29, 1.82) is 0 Å². The lowest BCUT2D eigenvalue weighted by Crippen LogP contribution is -2.46. The van der Waals surface area contributed by atoms with Gasteiger partial charge in [0, 0.05) is 55.8 Å². The van der Waals surface area contributed by atoms with Gasteiger partial charge in [-0.1, -0.05) is 6.07 Å². The summed E-state index contributed by atoms with van der Waals surface area (Å²) < 4.78 is 5.22. The maximum absolute atomic E-state index is 12.0. The van der Waals surface area contributed by atoms with Crippen molar-refractivity contribution in [2.24, 2.45) is 0 Å². The number of amides is 1. The van der Waals surface area contributed by atoms with Crippen molar-refractivity contribution in [3.8, 4) is 0 Å². The topological polar surface area (TPSA) is 56.2 Å². The van der Waals surface area contributed by atoms with Crippen LogP contribution in [0.4, 0.5) is 17.1 Å².